The van der Waals surface area contributed by atoms with Crippen LogP contribution >= 0.6 is 0 Å². The first kappa shape index (κ1) is 17.8. The fraction of sp³-hybridized carbons (Fsp3) is 0.667. The zero-order chi connectivity index (χ0) is 18.2. The lowest BCUT2D eigenvalue weighted by molar-refractivity contribution is 0.0250. The third kappa shape index (κ3) is 3.81. The summed E-state index contributed by atoms with van der Waals surface area (Å²) < 4.78 is 0. The van der Waals surface area contributed by atoms with Crippen LogP contribution in [0, 0.1) is 5.41 Å². The Morgan fingerprint density at radius 2 is 1.76 bits per heavy atom. The number of amides is 1. The van der Waals surface area contributed by atoms with E-state index in [9.17, 15) is 4.79 Å². The molecule has 1 fully saturated rings. The summed E-state index contributed by atoms with van der Waals surface area (Å²) in [7, 11) is 0. The van der Waals surface area contributed by atoms with Crippen molar-refractivity contribution >= 4 is 17.1 Å². The van der Waals surface area contributed by atoms with Gasteiger partial charge in [-0.3, -0.25) is 9.69 Å². The molecule has 1 amide bonds. The van der Waals surface area contributed by atoms with Crippen molar-refractivity contribution in [2.24, 2.45) is 5.41 Å². The fourth-order valence-electron chi connectivity index (χ4n) is 4.00. The summed E-state index contributed by atoms with van der Waals surface area (Å²) in [5, 5.41) is 0. The Bertz CT molecular complexity index is 752. The highest BCUT2D eigenvalue weighted by Gasteiger charge is 2.34. The summed E-state index contributed by atoms with van der Waals surface area (Å²) >= 11 is 0. The maximum Gasteiger partial charge on any atom is 0.274 e. The van der Waals surface area contributed by atoms with E-state index in [1.54, 1.807) is 6.33 Å². The number of fused-ring (bicyclic) bond motifs is 1. The van der Waals surface area contributed by atoms with Crippen LogP contribution in [0.15, 0.2) is 12.7 Å². The van der Waals surface area contributed by atoms with Crippen LogP contribution in [-0.2, 0) is 0 Å². The molecule has 0 aromatic carbocycles. The molecule has 25 heavy (non-hydrogen) atoms. The molecule has 3 rings (SSSR count). The maximum absolute atomic E-state index is 12.9. The van der Waals surface area contributed by atoms with E-state index >= 15 is 0 Å². The third-order valence-corrected chi connectivity index (χ3v) is 4.81. The van der Waals surface area contributed by atoms with Gasteiger partial charge in [0.25, 0.3) is 5.91 Å². The van der Waals surface area contributed by atoms with E-state index in [4.69, 9.17) is 0 Å². The SMILES string of the molecule is CC(C)(C)CC(C)(C)N1CCN(C(=O)c2ncnc3nc[nH]c23)CC1. The highest BCUT2D eigenvalue weighted by Crippen LogP contribution is 2.32. The van der Waals surface area contributed by atoms with Crippen LogP contribution in [0.25, 0.3) is 11.2 Å². The Morgan fingerprint density at radius 1 is 1.08 bits per heavy atom. The van der Waals surface area contributed by atoms with Gasteiger partial charge in [0.1, 0.15) is 11.8 Å². The molecule has 136 valence electrons. The molecular weight excluding hydrogens is 316 g/mol. The molecule has 7 heteroatoms. The van der Waals surface area contributed by atoms with Crippen molar-refractivity contribution in [3.05, 3.63) is 18.3 Å². The van der Waals surface area contributed by atoms with Crippen LogP contribution in [0.1, 0.15) is 51.5 Å². The highest BCUT2D eigenvalue weighted by atomic mass is 16.2. The minimum absolute atomic E-state index is 0.0510. The number of nitrogens with one attached hydrogen (secondary N) is 1. The quantitative estimate of drug-likeness (QED) is 0.924. The number of hydrogen-bond acceptors (Lipinski definition) is 5. The van der Waals surface area contributed by atoms with Gasteiger partial charge in [0.2, 0.25) is 0 Å². The summed E-state index contributed by atoms with van der Waals surface area (Å²) in [4.78, 5) is 32.6. The van der Waals surface area contributed by atoms with Crippen molar-refractivity contribution in [1.82, 2.24) is 29.7 Å². The molecular formula is C18H28N6O. The van der Waals surface area contributed by atoms with Crippen molar-refractivity contribution in [3.63, 3.8) is 0 Å². The molecule has 3 heterocycles. The zero-order valence-electron chi connectivity index (χ0n) is 15.8. The van der Waals surface area contributed by atoms with Gasteiger partial charge in [-0.1, -0.05) is 20.8 Å². The number of rotatable bonds is 3. The number of nitrogens with zero attached hydrogens (tertiary/aromatic N) is 5. The number of hydrogen-bond donors (Lipinski definition) is 1. The second-order valence-corrected chi connectivity index (χ2v) is 8.65. The van der Waals surface area contributed by atoms with Crippen molar-refractivity contribution in [2.75, 3.05) is 26.2 Å². The first-order valence-electron chi connectivity index (χ1n) is 8.86. The largest absolute Gasteiger partial charge is 0.341 e. The smallest absolute Gasteiger partial charge is 0.274 e. The number of imidazole rings is 1. The van der Waals surface area contributed by atoms with Gasteiger partial charge in [0, 0.05) is 31.7 Å². The number of carbonyl (C=O) groups excluding carboxylic acids is 1. The van der Waals surface area contributed by atoms with Gasteiger partial charge in [-0.25, -0.2) is 15.0 Å². The first-order chi connectivity index (χ1) is 11.7. The summed E-state index contributed by atoms with van der Waals surface area (Å²) in [6, 6.07) is 0. The molecule has 0 atom stereocenters. The van der Waals surface area contributed by atoms with Crippen molar-refractivity contribution in [3.8, 4) is 0 Å². The Hall–Kier alpha value is -2.02. The first-order valence-corrected chi connectivity index (χ1v) is 8.86. The van der Waals surface area contributed by atoms with Crippen LogP contribution in [0.2, 0.25) is 0 Å². The van der Waals surface area contributed by atoms with Crippen LogP contribution in [0.4, 0.5) is 0 Å². The number of piperazine rings is 1. The van der Waals surface area contributed by atoms with Gasteiger partial charge >= 0.3 is 0 Å². The number of aromatic amines is 1. The van der Waals surface area contributed by atoms with Crippen LogP contribution < -0.4 is 0 Å². The van der Waals surface area contributed by atoms with Crippen LogP contribution in [0.5, 0.6) is 0 Å². The number of H-pyrrole nitrogens is 1. The second kappa shape index (κ2) is 6.37. The zero-order valence-corrected chi connectivity index (χ0v) is 15.8. The van der Waals surface area contributed by atoms with Gasteiger partial charge < -0.3 is 9.88 Å². The van der Waals surface area contributed by atoms with Crippen molar-refractivity contribution in [2.45, 2.75) is 46.6 Å². The average Bonchev–Trinajstić information content (AvgIpc) is 3.00. The Labute approximate surface area is 148 Å². The predicted molar refractivity (Wildman–Crippen MR) is 97.3 cm³/mol. The molecule has 2 aromatic heterocycles. The minimum atomic E-state index is -0.0510. The van der Waals surface area contributed by atoms with E-state index in [0.29, 0.717) is 29.9 Å². The molecule has 0 aliphatic carbocycles. The molecule has 1 aliphatic rings. The number of aromatic nitrogens is 4. The van der Waals surface area contributed by atoms with Gasteiger partial charge in [0.05, 0.1) is 6.33 Å². The van der Waals surface area contributed by atoms with Gasteiger partial charge in [-0.05, 0) is 25.7 Å². The van der Waals surface area contributed by atoms with Crippen molar-refractivity contribution in [1.29, 1.82) is 0 Å². The molecule has 0 unspecified atom stereocenters. The Morgan fingerprint density at radius 3 is 2.40 bits per heavy atom. The second-order valence-electron chi connectivity index (χ2n) is 8.65. The summed E-state index contributed by atoms with van der Waals surface area (Å²) in [6.45, 7) is 14.6. The molecule has 1 saturated heterocycles. The van der Waals surface area contributed by atoms with Gasteiger partial charge in [-0.15, -0.1) is 0 Å². The van der Waals surface area contributed by atoms with Gasteiger partial charge in [0.15, 0.2) is 11.3 Å². The molecule has 0 saturated carbocycles. The molecule has 0 radical (unpaired) electrons. The topological polar surface area (TPSA) is 78.0 Å². The van der Waals surface area contributed by atoms with Crippen LogP contribution in [0.3, 0.4) is 0 Å². The van der Waals surface area contributed by atoms with E-state index in [-0.39, 0.29) is 16.9 Å². The molecule has 1 aliphatic heterocycles. The summed E-state index contributed by atoms with van der Waals surface area (Å²) in [6.07, 6.45) is 4.07. The standard InChI is InChI=1S/C18H28N6O/c1-17(2,3)10-18(4,5)24-8-6-23(7-9-24)16(25)14-13-15(21-11-19-13)22-12-20-14/h11-12H,6-10H2,1-5H3,(H,19,20,21,22). The normalized spacial score (nSPS) is 17.2. The average molecular weight is 344 g/mol. The van der Waals surface area contributed by atoms with E-state index in [1.165, 1.54) is 6.33 Å². The lowest BCUT2D eigenvalue weighted by Gasteiger charge is -2.46. The molecule has 2 aromatic rings. The number of carbonyl (C=O) groups is 1. The van der Waals surface area contributed by atoms with E-state index in [1.807, 2.05) is 4.90 Å². The molecule has 0 spiro atoms. The van der Waals surface area contributed by atoms with Crippen molar-refractivity contribution < 1.29 is 4.79 Å². The molecule has 7 nitrogen and oxygen atoms in total. The lowest BCUT2D eigenvalue weighted by atomic mass is 9.80. The van der Waals surface area contributed by atoms with E-state index < -0.39 is 0 Å². The van der Waals surface area contributed by atoms with E-state index in [2.05, 4.69) is 59.5 Å². The molecule has 1 N–H and O–H groups in total. The Balaban J connectivity index is 1.68. The maximum atomic E-state index is 12.9. The van der Waals surface area contributed by atoms with Gasteiger partial charge in [-0.2, -0.15) is 0 Å². The van der Waals surface area contributed by atoms with Crippen LogP contribution in [-0.4, -0.2) is 67.4 Å². The third-order valence-electron chi connectivity index (χ3n) is 4.81. The molecule has 0 bridgehead atoms. The minimum Gasteiger partial charge on any atom is -0.341 e. The summed E-state index contributed by atoms with van der Waals surface area (Å²) in [5.74, 6) is -0.0510. The Kier molecular flexibility index (Phi) is 4.53. The monoisotopic (exact) mass is 344 g/mol. The fourth-order valence-corrected chi connectivity index (χ4v) is 4.00. The summed E-state index contributed by atoms with van der Waals surface area (Å²) in [5.41, 5.74) is 1.96. The van der Waals surface area contributed by atoms with E-state index in [0.717, 1.165) is 19.5 Å². The highest BCUT2D eigenvalue weighted by molar-refractivity contribution is 6.01. The predicted octanol–water partition coefficient (Wildman–Crippen LogP) is 2.33. The lowest BCUT2D eigenvalue weighted by Crippen LogP contribution is -2.56.